The van der Waals surface area contributed by atoms with Crippen LogP contribution in [0.15, 0.2) is 27.1 Å². The van der Waals surface area contributed by atoms with Gasteiger partial charge in [0.15, 0.2) is 0 Å². The normalized spacial score (nSPS) is 11.9. The van der Waals surface area contributed by atoms with Crippen LogP contribution in [0.4, 0.5) is 0 Å². The van der Waals surface area contributed by atoms with E-state index in [0.717, 1.165) is 4.47 Å². The first-order chi connectivity index (χ1) is 7.41. The third-order valence-corrected chi connectivity index (χ3v) is 3.04. The molecule has 0 heterocycles. The zero-order chi connectivity index (χ0) is 12.3. The number of amides is 1. The third kappa shape index (κ3) is 3.31. The molecule has 0 fully saturated rings. The van der Waals surface area contributed by atoms with Crippen molar-refractivity contribution in [2.75, 3.05) is 0 Å². The number of rotatable bonds is 3. The molecule has 0 saturated heterocycles. The number of benzene rings is 1. The molecule has 0 aromatic heterocycles. The van der Waals surface area contributed by atoms with Crippen LogP contribution in [0.3, 0.4) is 0 Å². The molecule has 1 aromatic carbocycles. The van der Waals surface area contributed by atoms with Crippen molar-refractivity contribution in [2.24, 2.45) is 0 Å². The minimum Gasteiger partial charge on any atom is -0.480 e. The Morgan fingerprint density at radius 3 is 2.50 bits per heavy atom. The van der Waals surface area contributed by atoms with Crippen LogP contribution in [0.1, 0.15) is 17.3 Å². The molecule has 0 aliphatic heterocycles. The fourth-order valence-electron chi connectivity index (χ4n) is 1.01. The van der Waals surface area contributed by atoms with Gasteiger partial charge in [-0.2, -0.15) is 0 Å². The van der Waals surface area contributed by atoms with Gasteiger partial charge in [-0.3, -0.25) is 9.59 Å². The Labute approximate surface area is 109 Å². The predicted octanol–water partition coefficient (Wildman–Crippen LogP) is 2.41. The summed E-state index contributed by atoms with van der Waals surface area (Å²) in [6.45, 7) is 1.41. The first-order valence-electron chi connectivity index (χ1n) is 4.40. The van der Waals surface area contributed by atoms with E-state index < -0.39 is 17.9 Å². The number of carbonyl (C=O) groups excluding carboxylic acids is 1. The number of carbonyl (C=O) groups is 2. The number of carboxylic acids is 1. The minimum absolute atomic E-state index is 0.399. The molecule has 1 amide bonds. The molecule has 0 saturated carbocycles. The molecule has 0 aliphatic rings. The van der Waals surface area contributed by atoms with Crippen molar-refractivity contribution in [3.05, 3.63) is 32.7 Å². The minimum atomic E-state index is -1.07. The van der Waals surface area contributed by atoms with Gasteiger partial charge in [-0.15, -0.1) is 0 Å². The number of hydrogen-bond acceptors (Lipinski definition) is 2. The van der Waals surface area contributed by atoms with E-state index in [2.05, 4.69) is 37.2 Å². The molecule has 1 rings (SSSR count). The molecule has 6 heteroatoms. The van der Waals surface area contributed by atoms with Gasteiger partial charge >= 0.3 is 5.97 Å². The molecular formula is C10H9Br2NO3. The van der Waals surface area contributed by atoms with Crippen LogP contribution in [-0.2, 0) is 4.79 Å². The van der Waals surface area contributed by atoms with Crippen molar-refractivity contribution in [3.63, 3.8) is 0 Å². The van der Waals surface area contributed by atoms with E-state index >= 15 is 0 Å². The zero-order valence-electron chi connectivity index (χ0n) is 8.33. The van der Waals surface area contributed by atoms with E-state index in [4.69, 9.17) is 5.11 Å². The summed E-state index contributed by atoms with van der Waals surface area (Å²) in [6.07, 6.45) is 0. The second-order valence-electron chi connectivity index (χ2n) is 3.16. The van der Waals surface area contributed by atoms with E-state index in [-0.39, 0.29) is 0 Å². The second-order valence-corrected chi connectivity index (χ2v) is 4.93. The monoisotopic (exact) mass is 349 g/mol. The van der Waals surface area contributed by atoms with Gasteiger partial charge in [0, 0.05) is 8.95 Å². The Morgan fingerprint density at radius 1 is 1.38 bits per heavy atom. The van der Waals surface area contributed by atoms with Crippen molar-refractivity contribution >= 4 is 43.7 Å². The SMILES string of the molecule is C[C@@H](NC(=O)c1ccc(Br)cc1Br)C(=O)O. The molecule has 2 N–H and O–H groups in total. The largest absolute Gasteiger partial charge is 0.480 e. The smallest absolute Gasteiger partial charge is 0.325 e. The molecule has 1 aromatic rings. The molecular weight excluding hydrogens is 342 g/mol. The average molecular weight is 351 g/mol. The van der Waals surface area contributed by atoms with Crippen LogP contribution < -0.4 is 5.32 Å². The van der Waals surface area contributed by atoms with Crippen LogP contribution in [0.25, 0.3) is 0 Å². The highest BCUT2D eigenvalue weighted by Crippen LogP contribution is 2.21. The Bertz CT molecular complexity index is 434. The number of carboxylic acid groups (broad SMARTS) is 1. The molecule has 0 unspecified atom stereocenters. The van der Waals surface area contributed by atoms with E-state index in [1.165, 1.54) is 6.92 Å². The van der Waals surface area contributed by atoms with Crippen molar-refractivity contribution in [1.82, 2.24) is 5.32 Å². The Morgan fingerprint density at radius 2 is 2.00 bits per heavy atom. The van der Waals surface area contributed by atoms with Crippen molar-refractivity contribution < 1.29 is 14.7 Å². The summed E-state index contributed by atoms with van der Waals surface area (Å²) in [5.41, 5.74) is 0.399. The summed E-state index contributed by atoms with van der Waals surface area (Å²) in [5, 5.41) is 11.0. The average Bonchev–Trinajstić information content (AvgIpc) is 2.16. The van der Waals surface area contributed by atoms with Crippen LogP contribution in [0.5, 0.6) is 0 Å². The van der Waals surface area contributed by atoms with Crippen molar-refractivity contribution in [2.45, 2.75) is 13.0 Å². The number of nitrogens with one attached hydrogen (secondary N) is 1. The lowest BCUT2D eigenvalue weighted by Gasteiger charge is -2.10. The Hall–Kier alpha value is -0.880. The summed E-state index contributed by atoms with van der Waals surface area (Å²) in [6, 6.07) is 4.13. The maximum atomic E-state index is 11.7. The topological polar surface area (TPSA) is 66.4 Å². The van der Waals surface area contributed by atoms with E-state index in [9.17, 15) is 9.59 Å². The maximum absolute atomic E-state index is 11.7. The lowest BCUT2D eigenvalue weighted by Crippen LogP contribution is -2.38. The van der Waals surface area contributed by atoms with Crippen LogP contribution in [0.2, 0.25) is 0 Å². The first-order valence-corrected chi connectivity index (χ1v) is 5.99. The van der Waals surface area contributed by atoms with Gasteiger partial charge in [0.2, 0.25) is 0 Å². The van der Waals surface area contributed by atoms with Gasteiger partial charge in [0.05, 0.1) is 5.56 Å². The molecule has 0 radical (unpaired) electrons. The molecule has 16 heavy (non-hydrogen) atoms. The van der Waals surface area contributed by atoms with Crippen LogP contribution in [0, 0.1) is 0 Å². The standard InChI is InChI=1S/C10H9Br2NO3/c1-5(10(15)16)13-9(14)7-3-2-6(11)4-8(7)12/h2-5H,1H3,(H,13,14)(H,15,16)/t5-/m1/s1. The molecule has 0 spiro atoms. The summed E-state index contributed by atoms with van der Waals surface area (Å²) in [5.74, 6) is -1.49. The van der Waals surface area contributed by atoms with E-state index in [1.807, 2.05) is 0 Å². The lowest BCUT2D eigenvalue weighted by atomic mass is 10.2. The third-order valence-electron chi connectivity index (χ3n) is 1.89. The van der Waals surface area contributed by atoms with Gasteiger partial charge in [-0.25, -0.2) is 0 Å². The summed E-state index contributed by atoms with van der Waals surface area (Å²) >= 11 is 6.50. The lowest BCUT2D eigenvalue weighted by molar-refractivity contribution is -0.138. The van der Waals surface area contributed by atoms with Gasteiger partial charge in [0.25, 0.3) is 5.91 Å². The molecule has 1 atom stereocenters. The van der Waals surface area contributed by atoms with E-state index in [0.29, 0.717) is 10.0 Å². The molecule has 0 bridgehead atoms. The summed E-state index contributed by atoms with van der Waals surface area (Å²) < 4.78 is 1.44. The molecule has 0 aliphatic carbocycles. The molecule has 86 valence electrons. The van der Waals surface area contributed by atoms with Crippen LogP contribution >= 0.6 is 31.9 Å². The van der Waals surface area contributed by atoms with Gasteiger partial charge in [0.1, 0.15) is 6.04 Å². The zero-order valence-corrected chi connectivity index (χ0v) is 11.5. The maximum Gasteiger partial charge on any atom is 0.325 e. The Kier molecular flexibility index (Phi) is 4.49. The quantitative estimate of drug-likeness (QED) is 0.879. The highest BCUT2D eigenvalue weighted by molar-refractivity contribution is 9.11. The van der Waals surface area contributed by atoms with Gasteiger partial charge in [-0.1, -0.05) is 15.9 Å². The van der Waals surface area contributed by atoms with Gasteiger partial charge < -0.3 is 10.4 Å². The number of halogens is 2. The number of hydrogen-bond donors (Lipinski definition) is 2. The van der Waals surface area contributed by atoms with E-state index in [1.54, 1.807) is 18.2 Å². The molecule has 4 nitrogen and oxygen atoms in total. The van der Waals surface area contributed by atoms with Crippen molar-refractivity contribution in [1.29, 1.82) is 0 Å². The second kappa shape index (κ2) is 5.45. The summed E-state index contributed by atoms with van der Waals surface area (Å²) in [4.78, 5) is 22.2. The Balaban J connectivity index is 2.85. The van der Waals surface area contributed by atoms with Gasteiger partial charge in [-0.05, 0) is 41.1 Å². The first kappa shape index (κ1) is 13.2. The van der Waals surface area contributed by atoms with Crippen LogP contribution in [-0.4, -0.2) is 23.0 Å². The van der Waals surface area contributed by atoms with Crippen molar-refractivity contribution in [3.8, 4) is 0 Å². The predicted molar refractivity (Wildman–Crippen MR) is 66.4 cm³/mol. The fourth-order valence-corrected chi connectivity index (χ4v) is 2.24. The highest BCUT2D eigenvalue weighted by atomic mass is 79.9. The summed E-state index contributed by atoms with van der Waals surface area (Å²) in [7, 11) is 0. The fraction of sp³-hybridized carbons (Fsp3) is 0.200. The highest BCUT2D eigenvalue weighted by Gasteiger charge is 2.16. The number of aliphatic carboxylic acids is 1.